The van der Waals surface area contributed by atoms with E-state index in [1.807, 2.05) is 0 Å². The molecule has 0 aliphatic rings. The first-order valence-electron chi connectivity index (χ1n) is 5.49. The van der Waals surface area contributed by atoms with Crippen molar-refractivity contribution in [1.82, 2.24) is 5.32 Å². The lowest BCUT2D eigenvalue weighted by molar-refractivity contribution is -0.386. The number of nitro benzene ring substituents is 1. The largest absolute Gasteiger partial charge is 0.394 e. The maximum atomic E-state index is 11.3. The second-order valence-corrected chi connectivity index (χ2v) is 4.96. The van der Waals surface area contributed by atoms with Crippen LogP contribution in [0.15, 0.2) is 24.3 Å². The van der Waals surface area contributed by atoms with Crippen LogP contribution < -0.4 is 5.32 Å². The van der Waals surface area contributed by atoms with Gasteiger partial charge in [-0.15, -0.1) is 0 Å². The molecule has 1 amide bonds. The maximum Gasteiger partial charge on any atom is 0.275 e. The van der Waals surface area contributed by atoms with Crippen LogP contribution in [0.3, 0.4) is 0 Å². The summed E-state index contributed by atoms with van der Waals surface area (Å²) in [6, 6.07) is 4.31. The lowest BCUT2D eigenvalue weighted by atomic mass is 10.0. The summed E-state index contributed by atoms with van der Waals surface area (Å²) in [7, 11) is 0. The minimum atomic E-state index is -1.47. The van der Waals surface area contributed by atoms with Crippen LogP contribution in [0, 0.1) is 10.1 Å². The molecule has 0 aromatic heterocycles. The van der Waals surface area contributed by atoms with Crippen LogP contribution in [-0.2, 0) is 4.79 Å². The first-order valence-corrected chi connectivity index (χ1v) is 6.36. The molecule has 0 unspecified atom stereocenters. The van der Waals surface area contributed by atoms with E-state index in [1.165, 1.54) is 24.3 Å². The van der Waals surface area contributed by atoms with E-state index in [9.17, 15) is 25.1 Å². The number of alkyl halides is 2. The van der Waals surface area contributed by atoms with Gasteiger partial charge in [0.05, 0.1) is 23.1 Å². The highest BCUT2D eigenvalue weighted by Crippen LogP contribution is 2.27. The zero-order valence-electron chi connectivity index (χ0n) is 10.1. The minimum Gasteiger partial charge on any atom is -0.394 e. The van der Waals surface area contributed by atoms with Gasteiger partial charge in [-0.2, -0.15) is 0 Å². The van der Waals surface area contributed by atoms with Gasteiger partial charge >= 0.3 is 0 Å². The van der Waals surface area contributed by atoms with Crippen molar-refractivity contribution >= 4 is 34.8 Å². The van der Waals surface area contributed by atoms with E-state index < -0.39 is 34.4 Å². The number of nitro groups is 1. The summed E-state index contributed by atoms with van der Waals surface area (Å²) in [6.07, 6.45) is -1.47. The van der Waals surface area contributed by atoms with Crippen molar-refractivity contribution in [1.29, 1.82) is 0 Å². The molecule has 0 saturated heterocycles. The molecule has 0 heterocycles. The predicted octanol–water partition coefficient (Wildman–Crippen LogP) is 0.909. The van der Waals surface area contributed by atoms with Crippen molar-refractivity contribution in [2.24, 2.45) is 0 Å². The number of para-hydroxylation sites is 1. The number of aliphatic hydroxyl groups excluding tert-OH is 2. The Morgan fingerprint density at radius 2 is 2.00 bits per heavy atom. The number of carbonyl (C=O) groups is 1. The molecule has 0 spiro atoms. The normalized spacial score (nSPS) is 13.8. The Labute approximate surface area is 124 Å². The van der Waals surface area contributed by atoms with Crippen molar-refractivity contribution in [3.63, 3.8) is 0 Å². The molecule has 0 radical (unpaired) electrons. The van der Waals surface area contributed by atoms with Crippen LogP contribution in [0.5, 0.6) is 0 Å². The molecule has 0 fully saturated rings. The molecule has 9 heteroatoms. The lowest BCUT2D eigenvalue weighted by Gasteiger charge is -2.22. The number of hydrogen-bond donors (Lipinski definition) is 3. The number of nitrogens with one attached hydrogen (secondary N) is 1. The van der Waals surface area contributed by atoms with Crippen molar-refractivity contribution < 1.29 is 19.9 Å². The Morgan fingerprint density at radius 3 is 2.50 bits per heavy atom. The molecule has 0 bridgehead atoms. The van der Waals surface area contributed by atoms with Crippen LogP contribution in [0.1, 0.15) is 11.7 Å². The zero-order chi connectivity index (χ0) is 15.3. The molecule has 20 heavy (non-hydrogen) atoms. The molecule has 1 rings (SSSR count). The summed E-state index contributed by atoms with van der Waals surface area (Å²) in [6.45, 7) is -0.639. The van der Waals surface area contributed by atoms with E-state index in [4.69, 9.17) is 23.2 Å². The second-order valence-electron chi connectivity index (χ2n) is 3.86. The fourth-order valence-electron chi connectivity index (χ4n) is 1.59. The average molecular weight is 323 g/mol. The molecule has 2 atom stereocenters. The Bertz CT molecular complexity index is 497. The monoisotopic (exact) mass is 322 g/mol. The van der Waals surface area contributed by atoms with E-state index >= 15 is 0 Å². The van der Waals surface area contributed by atoms with E-state index in [-0.39, 0.29) is 11.3 Å². The third-order valence-electron chi connectivity index (χ3n) is 2.56. The van der Waals surface area contributed by atoms with Crippen molar-refractivity contribution in [2.75, 3.05) is 6.61 Å². The summed E-state index contributed by atoms with van der Waals surface area (Å²) >= 11 is 10.7. The summed E-state index contributed by atoms with van der Waals surface area (Å²) in [5.74, 6) is -0.815. The van der Waals surface area contributed by atoms with Crippen molar-refractivity contribution in [3.05, 3.63) is 39.9 Å². The van der Waals surface area contributed by atoms with Crippen LogP contribution >= 0.6 is 23.2 Å². The Hall–Kier alpha value is -1.41. The molecule has 3 N–H and O–H groups in total. The summed E-state index contributed by atoms with van der Waals surface area (Å²) in [4.78, 5) is 20.2. The third-order valence-corrected chi connectivity index (χ3v) is 2.95. The first kappa shape index (κ1) is 16.6. The highest BCUT2D eigenvalue weighted by molar-refractivity contribution is 6.53. The van der Waals surface area contributed by atoms with Gasteiger partial charge < -0.3 is 15.5 Å². The number of aliphatic hydroxyl groups is 2. The molecule has 7 nitrogen and oxygen atoms in total. The molecule has 0 saturated carbocycles. The van der Waals surface area contributed by atoms with Crippen LogP contribution in [0.25, 0.3) is 0 Å². The SMILES string of the molecule is O=C(N[C@H](CO)[C@H](O)c1ccccc1[N+](=O)[O-])C(Cl)Cl. The van der Waals surface area contributed by atoms with E-state index in [0.717, 1.165) is 0 Å². The van der Waals surface area contributed by atoms with Gasteiger partial charge in [0, 0.05) is 6.07 Å². The topological polar surface area (TPSA) is 113 Å². The van der Waals surface area contributed by atoms with Gasteiger partial charge in [0.25, 0.3) is 11.6 Å². The molecule has 1 aromatic rings. The fraction of sp³-hybridized carbons (Fsp3) is 0.364. The number of nitrogens with zero attached hydrogens (tertiary/aromatic N) is 1. The average Bonchev–Trinajstić information content (AvgIpc) is 2.43. The first-order chi connectivity index (χ1) is 9.38. The van der Waals surface area contributed by atoms with Gasteiger partial charge in [-0.25, -0.2) is 0 Å². The lowest BCUT2D eigenvalue weighted by Crippen LogP contribution is -2.44. The van der Waals surface area contributed by atoms with Crippen molar-refractivity contribution in [2.45, 2.75) is 17.0 Å². The van der Waals surface area contributed by atoms with Gasteiger partial charge in [-0.1, -0.05) is 35.3 Å². The molecule has 110 valence electrons. The smallest absolute Gasteiger partial charge is 0.275 e. The summed E-state index contributed by atoms with van der Waals surface area (Å²) < 4.78 is 0. The zero-order valence-corrected chi connectivity index (χ0v) is 11.6. The van der Waals surface area contributed by atoms with E-state index in [0.29, 0.717) is 0 Å². The highest BCUT2D eigenvalue weighted by Gasteiger charge is 2.29. The van der Waals surface area contributed by atoms with E-state index in [2.05, 4.69) is 5.32 Å². The number of rotatable bonds is 6. The third kappa shape index (κ3) is 4.04. The van der Waals surface area contributed by atoms with E-state index in [1.54, 1.807) is 0 Å². The number of hydrogen-bond acceptors (Lipinski definition) is 5. The fourth-order valence-corrected chi connectivity index (χ4v) is 1.72. The van der Waals surface area contributed by atoms with Gasteiger partial charge in [0.15, 0.2) is 4.84 Å². The Kier molecular flexibility index (Phi) is 6.15. The predicted molar refractivity (Wildman–Crippen MR) is 72.6 cm³/mol. The summed E-state index contributed by atoms with van der Waals surface area (Å²) in [5.41, 5.74) is -0.349. The maximum absolute atomic E-state index is 11.3. The van der Waals surface area contributed by atoms with Gasteiger partial charge in [-0.3, -0.25) is 14.9 Å². The molecule has 0 aliphatic carbocycles. The second kappa shape index (κ2) is 7.39. The van der Waals surface area contributed by atoms with Crippen LogP contribution in [0.2, 0.25) is 0 Å². The molecular formula is C11H12Cl2N2O5. The molecule has 0 aliphatic heterocycles. The summed E-state index contributed by atoms with van der Waals surface area (Å²) in [5, 5.41) is 32.3. The van der Waals surface area contributed by atoms with Gasteiger partial charge in [-0.05, 0) is 6.07 Å². The molecule has 1 aromatic carbocycles. The van der Waals surface area contributed by atoms with Crippen LogP contribution in [-0.4, -0.2) is 38.5 Å². The van der Waals surface area contributed by atoms with Crippen LogP contribution in [0.4, 0.5) is 5.69 Å². The Balaban J connectivity index is 2.99. The quantitative estimate of drug-likeness (QED) is 0.409. The number of benzene rings is 1. The Morgan fingerprint density at radius 1 is 1.40 bits per heavy atom. The van der Waals surface area contributed by atoms with Gasteiger partial charge in [0.1, 0.15) is 6.10 Å². The number of halogens is 2. The molecular weight excluding hydrogens is 311 g/mol. The highest BCUT2D eigenvalue weighted by atomic mass is 35.5. The van der Waals surface area contributed by atoms with Gasteiger partial charge in [0.2, 0.25) is 0 Å². The minimum absolute atomic E-state index is 0.0301. The number of carbonyl (C=O) groups excluding carboxylic acids is 1. The standard InChI is InChI=1S/C11H12Cl2N2O5/c12-10(13)11(18)14-7(5-16)9(17)6-3-1-2-4-8(6)15(19)20/h1-4,7,9-10,16-17H,5H2,(H,14,18)/t7-,9-/m1/s1. The van der Waals surface area contributed by atoms with Crippen molar-refractivity contribution in [3.8, 4) is 0 Å². The number of amides is 1.